The Morgan fingerprint density at radius 2 is 1.70 bits per heavy atom. The first kappa shape index (κ1) is 19.2. The summed E-state index contributed by atoms with van der Waals surface area (Å²) in [6.07, 6.45) is 3.65. The number of carbonyl (C=O) groups excluding carboxylic acids is 2. The molecule has 23 heavy (non-hydrogen) atoms. The maximum atomic E-state index is 12.4. The molecule has 2 N–H and O–H groups in total. The molecule has 0 radical (unpaired) electrons. The highest BCUT2D eigenvalue weighted by atomic mass is 16.2. The van der Waals surface area contributed by atoms with Crippen LogP contribution in [-0.4, -0.2) is 11.8 Å². The Morgan fingerprint density at radius 3 is 2.26 bits per heavy atom. The highest BCUT2D eigenvalue weighted by Crippen LogP contribution is 2.25. The van der Waals surface area contributed by atoms with Gasteiger partial charge in [0, 0.05) is 22.7 Å². The molecule has 0 heterocycles. The highest BCUT2D eigenvalue weighted by Gasteiger charge is 2.26. The first-order chi connectivity index (χ1) is 10.8. The van der Waals surface area contributed by atoms with Gasteiger partial charge in [-0.25, -0.2) is 0 Å². The van der Waals surface area contributed by atoms with Crippen molar-refractivity contribution in [1.29, 1.82) is 0 Å². The topological polar surface area (TPSA) is 58.2 Å². The normalized spacial score (nSPS) is 12.6. The average molecular weight is 318 g/mol. The molecule has 0 saturated carbocycles. The number of carbonyl (C=O) groups is 2. The van der Waals surface area contributed by atoms with E-state index >= 15 is 0 Å². The molecular formula is C19H30N2O2. The van der Waals surface area contributed by atoms with Crippen LogP contribution in [0.2, 0.25) is 0 Å². The van der Waals surface area contributed by atoms with Crippen LogP contribution in [0, 0.1) is 11.3 Å². The van der Waals surface area contributed by atoms with E-state index in [-0.39, 0.29) is 17.7 Å². The molecule has 0 fully saturated rings. The Morgan fingerprint density at radius 1 is 1.09 bits per heavy atom. The molecule has 128 valence electrons. The monoisotopic (exact) mass is 318 g/mol. The minimum absolute atomic E-state index is 0.00202. The van der Waals surface area contributed by atoms with Gasteiger partial charge in [0.2, 0.25) is 11.8 Å². The molecule has 0 spiro atoms. The van der Waals surface area contributed by atoms with Gasteiger partial charge in [-0.2, -0.15) is 0 Å². The lowest BCUT2D eigenvalue weighted by atomic mass is 9.87. The summed E-state index contributed by atoms with van der Waals surface area (Å²) in [5, 5.41) is 5.86. The molecule has 1 rings (SSSR count). The second kappa shape index (κ2) is 8.70. The van der Waals surface area contributed by atoms with Gasteiger partial charge in [0.25, 0.3) is 0 Å². The number of nitrogens with one attached hydrogen (secondary N) is 2. The molecule has 1 aromatic rings. The first-order valence-corrected chi connectivity index (χ1v) is 8.52. The van der Waals surface area contributed by atoms with Crippen molar-refractivity contribution in [3.63, 3.8) is 0 Å². The van der Waals surface area contributed by atoms with E-state index in [0.29, 0.717) is 11.4 Å². The van der Waals surface area contributed by atoms with E-state index in [4.69, 9.17) is 0 Å². The Balaban J connectivity index is 2.74. The summed E-state index contributed by atoms with van der Waals surface area (Å²) in [4.78, 5) is 24.4. The number of hydrogen-bond donors (Lipinski definition) is 2. The summed E-state index contributed by atoms with van der Waals surface area (Å²) in [7, 11) is 0. The van der Waals surface area contributed by atoms with Gasteiger partial charge in [0.1, 0.15) is 0 Å². The van der Waals surface area contributed by atoms with E-state index < -0.39 is 5.41 Å². The smallest absolute Gasteiger partial charge is 0.230 e. The number of benzene rings is 1. The van der Waals surface area contributed by atoms with E-state index in [2.05, 4.69) is 24.5 Å². The van der Waals surface area contributed by atoms with Crippen LogP contribution >= 0.6 is 0 Å². The largest absolute Gasteiger partial charge is 0.326 e. The van der Waals surface area contributed by atoms with Crippen LogP contribution in [0.1, 0.15) is 60.3 Å². The van der Waals surface area contributed by atoms with Crippen molar-refractivity contribution in [3.05, 3.63) is 24.3 Å². The summed E-state index contributed by atoms with van der Waals surface area (Å²) in [5.74, 6) is 0.00514. The third kappa shape index (κ3) is 6.05. The second-order valence-electron chi connectivity index (χ2n) is 6.85. The molecule has 0 aliphatic heterocycles. The van der Waals surface area contributed by atoms with Gasteiger partial charge >= 0.3 is 0 Å². The molecule has 0 bridgehead atoms. The maximum absolute atomic E-state index is 12.4. The summed E-state index contributed by atoms with van der Waals surface area (Å²) < 4.78 is 0. The zero-order chi connectivity index (χ0) is 17.5. The van der Waals surface area contributed by atoms with E-state index in [1.54, 1.807) is 6.07 Å². The van der Waals surface area contributed by atoms with Gasteiger partial charge in [0.15, 0.2) is 0 Å². The molecule has 1 atom stereocenters. The van der Waals surface area contributed by atoms with E-state index in [9.17, 15) is 9.59 Å². The van der Waals surface area contributed by atoms with Crippen LogP contribution in [0.3, 0.4) is 0 Å². The Labute approximate surface area is 140 Å². The first-order valence-electron chi connectivity index (χ1n) is 8.52. The third-order valence-corrected chi connectivity index (χ3v) is 4.05. The van der Waals surface area contributed by atoms with Crippen molar-refractivity contribution in [2.45, 2.75) is 60.3 Å². The quantitative estimate of drug-likeness (QED) is 0.721. The summed E-state index contributed by atoms with van der Waals surface area (Å²) in [6, 6.07) is 7.31. The Kier molecular flexibility index (Phi) is 7.27. The highest BCUT2D eigenvalue weighted by molar-refractivity contribution is 5.96. The molecule has 0 aliphatic carbocycles. The van der Waals surface area contributed by atoms with Crippen LogP contribution in [0.25, 0.3) is 0 Å². The van der Waals surface area contributed by atoms with Crippen molar-refractivity contribution < 1.29 is 9.59 Å². The van der Waals surface area contributed by atoms with Gasteiger partial charge in [-0.05, 0) is 31.0 Å². The van der Waals surface area contributed by atoms with Crippen LogP contribution in [0.5, 0.6) is 0 Å². The maximum Gasteiger partial charge on any atom is 0.230 e. The fraction of sp³-hybridized carbons (Fsp3) is 0.579. The minimum atomic E-state index is -0.399. The van der Waals surface area contributed by atoms with Gasteiger partial charge in [0.05, 0.1) is 0 Å². The SMILES string of the molecule is CCCC(C)C(=O)Nc1cccc(NC(=O)C(C)(C)CCC)c1. The number of anilines is 2. The third-order valence-electron chi connectivity index (χ3n) is 4.05. The zero-order valence-electron chi connectivity index (χ0n) is 15.0. The summed E-state index contributed by atoms with van der Waals surface area (Å²) in [5.41, 5.74) is 1.02. The lowest BCUT2D eigenvalue weighted by Crippen LogP contribution is -2.30. The molecular weight excluding hydrogens is 288 g/mol. The summed E-state index contributed by atoms with van der Waals surface area (Å²) >= 11 is 0. The van der Waals surface area contributed by atoms with E-state index in [1.807, 2.05) is 39.0 Å². The van der Waals surface area contributed by atoms with Gasteiger partial charge in [-0.3, -0.25) is 9.59 Å². The van der Waals surface area contributed by atoms with Crippen molar-refractivity contribution >= 4 is 23.2 Å². The number of amides is 2. The fourth-order valence-corrected chi connectivity index (χ4v) is 2.54. The lowest BCUT2D eigenvalue weighted by Gasteiger charge is -2.23. The van der Waals surface area contributed by atoms with Crippen LogP contribution in [0.15, 0.2) is 24.3 Å². The van der Waals surface area contributed by atoms with Crippen LogP contribution in [-0.2, 0) is 9.59 Å². The van der Waals surface area contributed by atoms with Gasteiger partial charge < -0.3 is 10.6 Å². The molecule has 4 nitrogen and oxygen atoms in total. The predicted octanol–water partition coefficient (Wildman–Crippen LogP) is 4.83. The van der Waals surface area contributed by atoms with Crippen molar-refractivity contribution in [1.82, 2.24) is 0 Å². The average Bonchev–Trinajstić information content (AvgIpc) is 2.47. The fourth-order valence-electron chi connectivity index (χ4n) is 2.54. The second-order valence-corrected chi connectivity index (χ2v) is 6.85. The van der Waals surface area contributed by atoms with Crippen LogP contribution in [0.4, 0.5) is 11.4 Å². The van der Waals surface area contributed by atoms with Crippen molar-refractivity contribution in [3.8, 4) is 0 Å². The Hall–Kier alpha value is -1.84. The molecule has 2 amide bonds. The Bertz CT molecular complexity index is 538. The standard InChI is InChI=1S/C19H30N2O2/c1-6-9-14(3)17(22)20-15-10-8-11-16(13-15)21-18(23)19(4,5)12-7-2/h8,10-11,13-14H,6-7,9,12H2,1-5H3,(H,20,22)(H,21,23). The lowest BCUT2D eigenvalue weighted by molar-refractivity contribution is -0.124. The van der Waals surface area contributed by atoms with Crippen molar-refractivity contribution in [2.75, 3.05) is 10.6 Å². The molecule has 4 heteroatoms. The molecule has 0 aliphatic rings. The molecule has 1 aromatic carbocycles. The van der Waals surface area contributed by atoms with Gasteiger partial charge in [-0.15, -0.1) is 0 Å². The van der Waals surface area contributed by atoms with Gasteiger partial charge in [-0.1, -0.05) is 53.5 Å². The van der Waals surface area contributed by atoms with Crippen molar-refractivity contribution in [2.24, 2.45) is 11.3 Å². The summed E-state index contributed by atoms with van der Waals surface area (Å²) in [6.45, 7) is 9.96. The molecule has 0 aromatic heterocycles. The number of hydrogen-bond acceptors (Lipinski definition) is 2. The van der Waals surface area contributed by atoms with Crippen LogP contribution < -0.4 is 10.6 Å². The van der Waals surface area contributed by atoms with E-state index in [0.717, 1.165) is 25.7 Å². The zero-order valence-corrected chi connectivity index (χ0v) is 15.0. The molecule has 0 saturated heterocycles. The molecule has 1 unspecified atom stereocenters. The number of rotatable bonds is 8. The minimum Gasteiger partial charge on any atom is -0.326 e. The predicted molar refractivity (Wildman–Crippen MR) is 96.5 cm³/mol. The van der Waals surface area contributed by atoms with E-state index in [1.165, 1.54) is 0 Å².